The zero-order chi connectivity index (χ0) is 12.8. The molecule has 0 radical (unpaired) electrons. The predicted molar refractivity (Wildman–Crippen MR) is 65.4 cm³/mol. The average Bonchev–Trinajstić information content (AvgIpc) is 2.27. The fourth-order valence-corrected chi connectivity index (χ4v) is 2.96. The van der Waals surface area contributed by atoms with Crippen molar-refractivity contribution in [3.8, 4) is 6.07 Å². The molecule has 0 spiro atoms. The summed E-state index contributed by atoms with van der Waals surface area (Å²) >= 11 is 0. The van der Waals surface area contributed by atoms with Gasteiger partial charge < -0.3 is 0 Å². The van der Waals surface area contributed by atoms with Crippen molar-refractivity contribution < 1.29 is 8.42 Å². The molecule has 0 aliphatic heterocycles. The smallest absolute Gasteiger partial charge is 0.211 e. The standard InChI is InChI=1S/C11H22N2O2S/c1-5-7-8-13(10(3)6-2)16(14,15)11(4)9-12/h10-11H,5-8H2,1-4H3. The number of nitrogens with zero attached hydrogens (tertiary/aromatic N) is 2. The Hall–Kier alpha value is -0.600. The molecule has 0 saturated carbocycles. The Morgan fingerprint density at radius 3 is 2.25 bits per heavy atom. The van der Waals surface area contributed by atoms with Crippen molar-refractivity contribution >= 4 is 10.0 Å². The highest BCUT2D eigenvalue weighted by molar-refractivity contribution is 7.90. The van der Waals surface area contributed by atoms with Crippen molar-refractivity contribution in [2.24, 2.45) is 0 Å². The molecule has 0 aliphatic carbocycles. The molecule has 94 valence electrons. The molecule has 0 aliphatic rings. The molecule has 0 aromatic heterocycles. The summed E-state index contributed by atoms with van der Waals surface area (Å²) in [4.78, 5) is 0. The molecular weight excluding hydrogens is 224 g/mol. The van der Waals surface area contributed by atoms with E-state index in [9.17, 15) is 8.42 Å². The molecule has 0 N–H and O–H groups in total. The first kappa shape index (κ1) is 15.4. The van der Waals surface area contributed by atoms with E-state index >= 15 is 0 Å². The van der Waals surface area contributed by atoms with Crippen LogP contribution in [0.4, 0.5) is 0 Å². The van der Waals surface area contributed by atoms with Gasteiger partial charge in [-0.25, -0.2) is 8.42 Å². The van der Waals surface area contributed by atoms with E-state index < -0.39 is 15.3 Å². The van der Waals surface area contributed by atoms with Gasteiger partial charge in [0, 0.05) is 12.6 Å². The third-order valence-electron chi connectivity index (χ3n) is 2.77. The van der Waals surface area contributed by atoms with E-state index in [0.717, 1.165) is 19.3 Å². The Morgan fingerprint density at radius 2 is 1.88 bits per heavy atom. The summed E-state index contributed by atoms with van der Waals surface area (Å²) in [6.45, 7) is 7.82. The van der Waals surface area contributed by atoms with Gasteiger partial charge in [-0.05, 0) is 26.7 Å². The molecule has 0 bridgehead atoms. The molecule has 0 rings (SSSR count). The minimum Gasteiger partial charge on any atom is -0.211 e. The highest BCUT2D eigenvalue weighted by Gasteiger charge is 2.31. The maximum Gasteiger partial charge on any atom is 0.230 e. The van der Waals surface area contributed by atoms with Crippen LogP contribution in [0.3, 0.4) is 0 Å². The van der Waals surface area contributed by atoms with Crippen molar-refractivity contribution in [3.05, 3.63) is 0 Å². The molecule has 0 aromatic rings. The number of hydrogen-bond acceptors (Lipinski definition) is 3. The second kappa shape index (κ2) is 6.87. The van der Waals surface area contributed by atoms with E-state index in [4.69, 9.17) is 5.26 Å². The average molecular weight is 246 g/mol. The summed E-state index contributed by atoms with van der Waals surface area (Å²) in [7, 11) is -3.46. The van der Waals surface area contributed by atoms with Crippen LogP contribution in [-0.2, 0) is 10.0 Å². The topological polar surface area (TPSA) is 61.2 Å². The molecule has 0 amide bonds. The molecular formula is C11H22N2O2S. The van der Waals surface area contributed by atoms with Crippen molar-refractivity contribution in [2.45, 2.75) is 58.2 Å². The lowest BCUT2D eigenvalue weighted by molar-refractivity contribution is 0.323. The van der Waals surface area contributed by atoms with E-state index in [-0.39, 0.29) is 6.04 Å². The zero-order valence-corrected chi connectivity index (χ0v) is 11.4. The number of nitriles is 1. The lowest BCUT2D eigenvalue weighted by atomic mass is 10.2. The third kappa shape index (κ3) is 3.76. The lowest BCUT2D eigenvalue weighted by Crippen LogP contribution is -2.43. The molecule has 0 heterocycles. The van der Waals surface area contributed by atoms with E-state index in [1.54, 1.807) is 0 Å². The number of rotatable bonds is 7. The maximum absolute atomic E-state index is 12.1. The minimum absolute atomic E-state index is 0.0349. The van der Waals surface area contributed by atoms with Crippen molar-refractivity contribution in [2.75, 3.05) is 6.54 Å². The van der Waals surface area contributed by atoms with Crippen LogP contribution in [-0.4, -0.2) is 30.6 Å². The monoisotopic (exact) mass is 246 g/mol. The van der Waals surface area contributed by atoms with Crippen molar-refractivity contribution in [1.82, 2.24) is 4.31 Å². The zero-order valence-electron chi connectivity index (χ0n) is 10.6. The summed E-state index contributed by atoms with van der Waals surface area (Å²) < 4.78 is 25.6. The van der Waals surface area contributed by atoms with Crippen LogP contribution in [0.15, 0.2) is 0 Å². The number of unbranched alkanes of at least 4 members (excludes halogenated alkanes) is 1. The van der Waals surface area contributed by atoms with Crippen molar-refractivity contribution in [3.63, 3.8) is 0 Å². The molecule has 5 heteroatoms. The van der Waals surface area contributed by atoms with Gasteiger partial charge in [-0.3, -0.25) is 0 Å². The second-order valence-corrected chi connectivity index (χ2v) is 6.24. The Labute approximate surface area is 99.3 Å². The van der Waals surface area contributed by atoms with Crippen LogP contribution in [0.25, 0.3) is 0 Å². The largest absolute Gasteiger partial charge is 0.230 e. The molecule has 0 aromatic carbocycles. The predicted octanol–water partition coefficient (Wildman–Crippen LogP) is 2.13. The first-order valence-electron chi connectivity index (χ1n) is 5.82. The van der Waals surface area contributed by atoms with Crippen LogP contribution in [0.1, 0.15) is 47.0 Å². The van der Waals surface area contributed by atoms with Gasteiger partial charge in [0.2, 0.25) is 10.0 Å². The summed E-state index contributed by atoms with van der Waals surface area (Å²) in [6.07, 6.45) is 2.55. The quantitative estimate of drug-likeness (QED) is 0.691. The molecule has 4 nitrogen and oxygen atoms in total. The normalized spacial score (nSPS) is 15.8. The highest BCUT2D eigenvalue weighted by atomic mass is 32.2. The molecule has 16 heavy (non-hydrogen) atoms. The Bertz CT molecular complexity index is 332. The second-order valence-electron chi connectivity index (χ2n) is 4.04. The molecule has 0 saturated heterocycles. The highest BCUT2D eigenvalue weighted by Crippen LogP contribution is 2.15. The minimum atomic E-state index is -3.46. The summed E-state index contributed by atoms with van der Waals surface area (Å²) in [5.74, 6) is 0. The van der Waals surface area contributed by atoms with Crippen LogP contribution in [0, 0.1) is 11.3 Å². The van der Waals surface area contributed by atoms with Crippen molar-refractivity contribution in [1.29, 1.82) is 5.26 Å². The number of hydrogen-bond donors (Lipinski definition) is 0. The summed E-state index contributed by atoms with van der Waals surface area (Å²) in [5.41, 5.74) is 0. The fraction of sp³-hybridized carbons (Fsp3) is 0.909. The van der Waals surface area contributed by atoms with E-state index in [1.807, 2.05) is 26.8 Å². The van der Waals surface area contributed by atoms with E-state index in [2.05, 4.69) is 0 Å². The first-order chi connectivity index (χ1) is 7.41. The van der Waals surface area contributed by atoms with Gasteiger partial charge in [-0.15, -0.1) is 0 Å². The molecule has 2 atom stereocenters. The molecule has 0 fully saturated rings. The lowest BCUT2D eigenvalue weighted by Gasteiger charge is -2.28. The third-order valence-corrected chi connectivity index (χ3v) is 4.97. The maximum atomic E-state index is 12.1. The van der Waals surface area contributed by atoms with E-state index in [0.29, 0.717) is 6.54 Å². The Morgan fingerprint density at radius 1 is 1.31 bits per heavy atom. The van der Waals surface area contributed by atoms with Gasteiger partial charge >= 0.3 is 0 Å². The fourth-order valence-electron chi connectivity index (χ4n) is 1.39. The van der Waals surface area contributed by atoms with Crippen LogP contribution in [0.5, 0.6) is 0 Å². The first-order valence-corrected chi connectivity index (χ1v) is 7.32. The van der Waals surface area contributed by atoms with E-state index in [1.165, 1.54) is 11.2 Å². The van der Waals surface area contributed by atoms with Gasteiger partial charge in [0.25, 0.3) is 0 Å². The van der Waals surface area contributed by atoms with Gasteiger partial charge in [0.15, 0.2) is 5.25 Å². The van der Waals surface area contributed by atoms with Crippen LogP contribution in [0.2, 0.25) is 0 Å². The summed E-state index contributed by atoms with van der Waals surface area (Å²) in [5, 5.41) is 7.78. The number of sulfonamides is 1. The van der Waals surface area contributed by atoms with Gasteiger partial charge in [0.1, 0.15) is 0 Å². The Balaban J connectivity index is 4.96. The van der Waals surface area contributed by atoms with Crippen LogP contribution < -0.4 is 0 Å². The molecule has 2 unspecified atom stereocenters. The SMILES string of the molecule is CCCCN(C(C)CC)S(=O)(=O)C(C)C#N. The van der Waals surface area contributed by atoms with Gasteiger partial charge in [-0.1, -0.05) is 20.3 Å². The van der Waals surface area contributed by atoms with Crippen LogP contribution >= 0.6 is 0 Å². The Kier molecular flexibility index (Phi) is 6.61. The summed E-state index contributed by atoms with van der Waals surface area (Å²) in [6, 6.07) is 1.78. The van der Waals surface area contributed by atoms with Gasteiger partial charge in [0.05, 0.1) is 6.07 Å². The van der Waals surface area contributed by atoms with Gasteiger partial charge in [-0.2, -0.15) is 9.57 Å².